The molecule has 13 heavy (non-hydrogen) atoms. The number of hydrogen-bond acceptors (Lipinski definition) is 1. The number of phenols is 1. The summed E-state index contributed by atoms with van der Waals surface area (Å²) >= 11 is 10.5. The van der Waals surface area contributed by atoms with Crippen LogP contribution in [0.3, 0.4) is 0 Å². The molecule has 1 N–H and O–H groups in total. The van der Waals surface area contributed by atoms with E-state index in [9.17, 15) is 13.2 Å². The summed E-state index contributed by atoms with van der Waals surface area (Å²) in [6.45, 7) is 0. The zero-order valence-electron chi connectivity index (χ0n) is 5.99. The minimum absolute atomic E-state index is 0.400. The van der Waals surface area contributed by atoms with E-state index in [2.05, 4.69) is 0 Å². The molecule has 0 bridgehead atoms. The average Bonchev–Trinajstić information content (AvgIpc) is 1.78. The van der Waals surface area contributed by atoms with Crippen LogP contribution < -0.4 is 0 Å². The van der Waals surface area contributed by atoms with E-state index in [1.54, 1.807) is 0 Å². The molecule has 0 aromatic heterocycles. The van der Waals surface area contributed by atoms with Crippen molar-refractivity contribution in [2.24, 2.45) is 0 Å². The summed E-state index contributed by atoms with van der Waals surface area (Å²) in [5.74, 6) is -0.400. The zero-order valence-corrected chi connectivity index (χ0v) is 7.50. The van der Waals surface area contributed by atoms with Crippen molar-refractivity contribution in [1.29, 1.82) is 0 Å². The van der Waals surface area contributed by atoms with Crippen molar-refractivity contribution in [1.82, 2.24) is 0 Å². The molecule has 6 heteroatoms. The summed E-state index contributed by atoms with van der Waals surface area (Å²) in [6, 6.07) is 1.58. The highest BCUT2D eigenvalue weighted by Crippen LogP contribution is 2.41. The Hall–Kier alpha value is -0.610. The third-order valence-corrected chi connectivity index (χ3v) is 1.91. The maximum absolute atomic E-state index is 12.2. The summed E-state index contributed by atoms with van der Waals surface area (Å²) in [7, 11) is 0. The number of phenolic OH excluding ortho intramolecular Hbond substituents is 1. The third kappa shape index (κ3) is 2.19. The van der Waals surface area contributed by atoms with E-state index in [1.165, 1.54) is 0 Å². The summed E-state index contributed by atoms with van der Waals surface area (Å²) in [5, 5.41) is 7.62. The number of hydrogen-bond donors (Lipinski definition) is 1. The Morgan fingerprint density at radius 2 is 1.46 bits per heavy atom. The van der Waals surface area contributed by atoms with Crippen LogP contribution in [0.25, 0.3) is 0 Å². The van der Waals surface area contributed by atoms with Gasteiger partial charge < -0.3 is 5.11 Å². The van der Waals surface area contributed by atoms with Gasteiger partial charge in [0.1, 0.15) is 5.75 Å². The molecule has 1 aromatic rings. The SMILES string of the molecule is Oc1cc(Cl)c(C(F)(F)F)c(Cl)c1. The predicted octanol–water partition coefficient (Wildman–Crippen LogP) is 3.72. The van der Waals surface area contributed by atoms with E-state index in [0.717, 1.165) is 12.1 Å². The Bertz CT molecular complexity index is 312. The van der Waals surface area contributed by atoms with Crippen LogP contribution in [0.2, 0.25) is 10.0 Å². The highest BCUT2D eigenvalue weighted by atomic mass is 35.5. The van der Waals surface area contributed by atoms with Gasteiger partial charge in [0.2, 0.25) is 0 Å². The minimum atomic E-state index is -4.61. The minimum Gasteiger partial charge on any atom is -0.508 e. The Labute approximate surface area is 81.7 Å². The first-order chi connectivity index (χ1) is 5.82. The standard InChI is InChI=1S/C7H3Cl2F3O/c8-4-1-3(13)2-5(9)6(4)7(10,11)12/h1-2,13H. The molecule has 0 fully saturated rings. The second kappa shape index (κ2) is 3.27. The number of rotatable bonds is 0. The molecular formula is C7H3Cl2F3O. The summed E-state index contributed by atoms with van der Waals surface area (Å²) < 4.78 is 36.6. The van der Waals surface area contributed by atoms with Crippen LogP contribution in [0.15, 0.2) is 12.1 Å². The highest BCUT2D eigenvalue weighted by molar-refractivity contribution is 6.36. The molecule has 1 aromatic carbocycles. The molecule has 1 rings (SSSR count). The average molecular weight is 231 g/mol. The Morgan fingerprint density at radius 3 is 1.77 bits per heavy atom. The zero-order chi connectivity index (χ0) is 10.2. The molecule has 0 radical (unpaired) electrons. The van der Waals surface area contributed by atoms with E-state index in [4.69, 9.17) is 28.3 Å². The lowest BCUT2D eigenvalue weighted by Crippen LogP contribution is -2.06. The normalized spacial score (nSPS) is 11.8. The molecule has 0 saturated carbocycles. The summed E-state index contributed by atoms with van der Waals surface area (Å²) in [4.78, 5) is 0. The largest absolute Gasteiger partial charge is 0.508 e. The second-order valence-corrected chi connectivity index (χ2v) is 3.10. The van der Waals surface area contributed by atoms with Crippen LogP contribution in [0.1, 0.15) is 5.56 Å². The maximum Gasteiger partial charge on any atom is 0.419 e. The van der Waals surface area contributed by atoms with Gasteiger partial charge in [-0.1, -0.05) is 23.2 Å². The molecular weight excluding hydrogens is 228 g/mol. The molecule has 0 atom stereocenters. The van der Waals surface area contributed by atoms with Crippen molar-refractivity contribution < 1.29 is 18.3 Å². The van der Waals surface area contributed by atoms with Gasteiger partial charge in [-0.25, -0.2) is 0 Å². The third-order valence-electron chi connectivity index (χ3n) is 1.31. The Balaban J connectivity index is 3.38. The fourth-order valence-corrected chi connectivity index (χ4v) is 1.52. The number of alkyl halides is 3. The highest BCUT2D eigenvalue weighted by Gasteiger charge is 2.36. The topological polar surface area (TPSA) is 20.2 Å². The first-order valence-corrected chi connectivity index (χ1v) is 3.83. The quantitative estimate of drug-likeness (QED) is 0.721. The Kier molecular flexibility index (Phi) is 2.63. The van der Waals surface area contributed by atoms with E-state index in [0.29, 0.717) is 0 Å². The van der Waals surface area contributed by atoms with Gasteiger partial charge in [0.25, 0.3) is 0 Å². The van der Waals surface area contributed by atoms with E-state index < -0.39 is 27.5 Å². The monoisotopic (exact) mass is 230 g/mol. The van der Waals surface area contributed by atoms with Crippen molar-refractivity contribution in [3.63, 3.8) is 0 Å². The molecule has 1 nitrogen and oxygen atoms in total. The first-order valence-electron chi connectivity index (χ1n) is 3.07. The van der Waals surface area contributed by atoms with Crippen LogP contribution in [0.4, 0.5) is 13.2 Å². The van der Waals surface area contributed by atoms with Gasteiger partial charge in [-0.15, -0.1) is 0 Å². The first kappa shape index (κ1) is 10.5. The molecule has 0 heterocycles. The van der Waals surface area contributed by atoms with Gasteiger partial charge in [-0.05, 0) is 12.1 Å². The fraction of sp³-hybridized carbons (Fsp3) is 0.143. The van der Waals surface area contributed by atoms with Crippen molar-refractivity contribution in [3.8, 4) is 5.75 Å². The molecule has 0 unspecified atom stereocenters. The fourth-order valence-electron chi connectivity index (χ4n) is 0.831. The molecule has 0 aliphatic heterocycles. The molecule has 72 valence electrons. The second-order valence-electron chi connectivity index (χ2n) is 2.28. The van der Waals surface area contributed by atoms with Gasteiger partial charge in [-0.2, -0.15) is 13.2 Å². The van der Waals surface area contributed by atoms with E-state index in [1.807, 2.05) is 0 Å². The molecule has 0 aliphatic rings. The van der Waals surface area contributed by atoms with Crippen molar-refractivity contribution >= 4 is 23.2 Å². The smallest absolute Gasteiger partial charge is 0.419 e. The van der Waals surface area contributed by atoms with Crippen LogP contribution in [0.5, 0.6) is 5.75 Å². The molecule has 0 amide bonds. The number of halogens is 5. The lowest BCUT2D eigenvalue weighted by molar-refractivity contribution is -0.137. The lowest BCUT2D eigenvalue weighted by Gasteiger charge is -2.10. The van der Waals surface area contributed by atoms with E-state index in [-0.39, 0.29) is 0 Å². The van der Waals surface area contributed by atoms with Crippen LogP contribution in [0, 0.1) is 0 Å². The van der Waals surface area contributed by atoms with Crippen LogP contribution in [-0.2, 0) is 6.18 Å². The number of benzene rings is 1. The van der Waals surface area contributed by atoms with E-state index >= 15 is 0 Å². The summed E-state index contributed by atoms with van der Waals surface area (Å²) in [5.41, 5.74) is -1.13. The number of aromatic hydroxyl groups is 1. The lowest BCUT2D eigenvalue weighted by atomic mass is 10.2. The maximum atomic E-state index is 12.2. The molecule has 0 spiro atoms. The van der Waals surface area contributed by atoms with Crippen LogP contribution >= 0.6 is 23.2 Å². The van der Waals surface area contributed by atoms with Gasteiger partial charge >= 0.3 is 6.18 Å². The van der Waals surface area contributed by atoms with Gasteiger partial charge in [0.15, 0.2) is 0 Å². The van der Waals surface area contributed by atoms with Gasteiger partial charge in [0.05, 0.1) is 15.6 Å². The summed E-state index contributed by atoms with van der Waals surface area (Å²) in [6.07, 6.45) is -4.61. The van der Waals surface area contributed by atoms with Gasteiger partial charge in [-0.3, -0.25) is 0 Å². The molecule has 0 aliphatic carbocycles. The van der Waals surface area contributed by atoms with Crippen molar-refractivity contribution in [2.75, 3.05) is 0 Å². The molecule has 0 saturated heterocycles. The van der Waals surface area contributed by atoms with Crippen molar-refractivity contribution in [3.05, 3.63) is 27.7 Å². The predicted molar refractivity (Wildman–Crippen MR) is 43.1 cm³/mol. The van der Waals surface area contributed by atoms with Gasteiger partial charge in [0, 0.05) is 0 Å². The van der Waals surface area contributed by atoms with Crippen molar-refractivity contribution in [2.45, 2.75) is 6.18 Å². The Morgan fingerprint density at radius 1 is 1.08 bits per heavy atom. The van der Waals surface area contributed by atoms with Crippen LogP contribution in [-0.4, -0.2) is 5.11 Å².